The van der Waals surface area contributed by atoms with Gasteiger partial charge >= 0.3 is 0 Å². The molecule has 0 fully saturated rings. The van der Waals surface area contributed by atoms with E-state index in [0.717, 1.165) is 34.3 Å². The fraction of sp³-hybridized carbons (Fsp3) is 0.273. The molecule has 3 aromatic rings. The van der Waals surface area contributed by atoms with Crippen LogP contribution >= 0.6 is 0 Å². The van der Waals surface area contributed by atoms with Crippen molar-refractivity contribution in [3.05, 3.63) is 53.3 Å². The second-order valence-electron chi connectivity index (χ2n) is 6.91. The van der Waals surface area contributed by atoms with Crippen LogP contribution in [0.4, 0.5) is 11.4 Å². The Labute approximate surface area is 162 Å². The number of anilines is 2. The Hall–Kier alpha value is -3.28. The molecule has 144 valence electrons. The molecule has 2 aromatic carbocycles. The molecule has 28 heavy (non-hydrogen) atoms. The molecule has 0 aliphatic carbocycles. The zero-order chi connectivity index (χ0) is 19.8. The molecule has 0 spiro atoms. The van der Waals surface area contributed by atoms with Crippen LogP contribution in [0.25, 0.3) is 11.0 Å². The van der Waals surface area contributed by atoms with Crippen LogP contribution < -0.4 is 15.4 Å². The van der Waals surface area contributed by atoms with Crippen LogP contribution in [0.3, 0.4) is 0 Å². The third-order valence-corrected chi connectivity index (χ3v) is 5.10. The maximum absolute atomic E-state index is 12.5. The van der Waals surface area contributed by atoms with Gasteiger partial charge < -0.3 is 19.8 Å². The number of carbonyl (C=O) groups excluding carboxylic acids is 2. The lowest BCUT2D eigenvalue weighted by Crippen LogP contribution is -2.24. The third kappa shape index (κ3) is 3.01. The smallest absolute Gasteiger partial charge is 0.225 e. The largest absolute Gasteiger partial charge is 0.494 e. The Balaban J connectivity index is 1.94. The molecule has 0 saturated heterocycles. The predicted octanol–water partition coefficient (Wildman–Crippen LogP) is 4.44. The SMILES string of the molecule is CCc1oc2ccccc2c1C1CC(=O)Nc2cc(OC)c(NC(C)=O)cc21. The first-order valence-corrected chi connectivity index (χ1v) is 9.31. The summed E-state index contributed by atoms with van der Waals surface area (Å²) in [5, 5.41) is 6.76. The number of amides is 2. The van der Waals surface area contributed by atoms with Crippen molar-refractivity contribution in [3.63, 3.8) is 0 Å². The minimum atomic E-state index is -0.183. The Bertz CT molecular complexity index is 1080. The highest BCUT2D eigenvalue weighted by molar-refractivity contribution is 5.99. The molecule has 0 radical (unpaired) electrons. The molecule has 1 aliphatic heterocycles. The van der Waals surface area contributed by atoms with Gasteiger partial charge in [-0.2, -0.15) is 0 Å². The summed E-state index contributed by atoms with van der Waals surface area (Å²) in [7, 11) is 1.54. The van der Waals surface area contributed by atoms with Crippen molar-refractivity contribution in [1.82, 2.24) is 0 Å². The lowest BCUT2D eigenvalue weighted by molar-refractivity contribution is -0.117. The maximum atomic E-state index is 12.5. The van der Waals surface area contributed by atoms with Crippen molar-refractivity contribution in [2.75, 3.05) is 17.7 Å². The highest BCUT2D eigenvalue weighted by Gasteiger charge is 2.32. The molecule has 6 heteroatoms. The van der Waals surface area contributed by atoms with Crippen LogP contribution in [-0.4, -0.2) is 18.9 Å². The van der Waals surface area contributed by atoms with Crippen molar-refractivity contribution in [2.24, 2.45) is 0 Å². The Kier molecular flexibility index (Phi) is 4.55. The van der Waals surface area contributed by atoms with Crippen LogP contribution in [0.15, 0.2) is 40.8 Å². The number of fused-ring (bicyclic) bond motifs is 2. The lowest BCUT2D eigenvalue weighted by atomic mass is 9.82. The summed E-state index contributed by atoms with van der Waals surface area (Å²) in [6.07, 6.45) is 1.04. The van der Waals surface area contributed by atoms with Crippen LogP contribution in [0.2, 0.25) is 0 Å². The van der Waals surface area contributed by atoms with E-state index in [0.29, 0.717) is 23.5 Å². The van der Waals surface area contributed by atoms with E-state index in [-0.39, 0.29) is 17.7 Å². The Morgan fingerprint density at radius 3 is 2.82 bits per heavy atom. The first-order valence-electron chi connectivity index (χ1n) is 9.31. The molecular weight excluding hydrogens is 356 g/mol. The highest BCUT2D eigenvalue weighted by atomic mass is 16.5. The van der Waals surface area contributed by atoms with E-state index in [2.05, 4.69) is 10.6 Å². The number of hydrogen-bond acceptors (Lipinski definition) is 4. The number of rotatable bonds is 4. The van der Waals surface area contributed by atoms with E-state index >= 15 is 0 Å². The van der Waals surface area contributed by atoms with Gasteiger partial charge in [-0.25, -0.2) is 0 Å². The first-order chi connectivity index (χ1) is 13.5. The standard InChI is InChI=1S/C22H22N2O4/c1-4-18-22(13-7-5-6-8-19(13)28-18)15-10-21(26)24-16-11-20(27-3)17(9-14(15)16)23-12(2)25/h5-9,11,15H,4,10H2,1-3H3,(H,23,25)(H,24,26). The maximum Gasteiger partial charge on any atom is 0.225 e. The molecule has 1 atom stereocenters. The number of aryl methyl sites for hydroxylation is 1. The normalized spacial score (nSPS) is 15.8. The summed E-state index contributed by atoms with van der Waals surface area (Å²) >= 11 is 0. The van der Waals surface area contributed by atoms with Crippen molar-refractivity contribution in [2.45, 2.75) is 32.6 Å². The molecule has 1 aromatic heterocycles. The molecule has 0 bridgehead atoms. The fourth-order valence-corrected chi connectivity index (χ4v) is 3.96. The van der Waals surface area contributed by atoms with E-state index in [1.54, 1.807) is 6.07 Å². The van der Waals surface area contributed by atoms with Crippen molar-refractivity contribution in [3.8, 4) is 5.75 Å². The third-order valence-electron chi connectivity index (χ3n) is 5.10. The minimum Gasteiger partial charge on any atom is -0.494 e. The monoisotopic (exact) mass is 378 g/mol. The van der Waals surface area contributed by atoms with Crippen molar-refractivity contribution >= 4 is 34.2 Å². The van der Waals surface area contributed by atoms with Gasteiger partial charge in [0.05, 0.1) is 12.8 Å². The van der Waals surface area contributed by atoms with Gasteiger partial charge in [-0.1, -0.05) is 25.1 Å². The summed E-state index contributed by atoms with van der Waals surface area (Å²) in [5.41, 5.74) is 4.07. The van der Waals surface area contributed by atoms with Gasteiger partial charge in [0.1, 0.15) is 17.1 Å². The number of carbonyl (C=O) groups is 2. The topological polar surface area (TPSA) is 80.6 Å². The molecule has 1 unspecified atom stereocenters. The predicted molar refractivity (Wildman–Crippen MR) is 108 cm³/mol. The molecule has 2 N–H and O–H groups in total. The average Bonchev–Trinajstić information content (AvgIpc) is 3.05. The van der Waals surface area contributed by atoms with Gasteiger partial charge in [-0.05, 0) is 17.7 Å². The first kappa shape index (κ1) is 18.1. The Morgan fingerprint density at radius 2 is 2.11 bits per heavy atom. The second kappa shape index (κ2) is 7.03. The summed E-state index contributed by atoms with van der Waals surface area (Å²) in [4.78, 5) is 24.1. The van der Waals surface area contributed by atoms with E-state index < -0.39 is 0 Å². The number of furan rings is 1. The van der Waals surface area contributed by atoms with Gasteiger partial charge in [-0.3, -0.25) is 9.59 Å². The van der Waals surface area contributed by atoms with Crippen LogP contribution in [0.5, 0.6) is 5.75 Å². The van der Waals surface area contributed by atoms with Gasteiger partial charge in [-0.15, -0.1) is 0 Å². The van der Waals surface area contributed by atoms with E-state index in [4.69, 9.17) is 9.15 Å². The number of hydrogen-bond donors (Lipinski definition) is 2. The summed E-state index contributed by atoms with van der Waals surface area (Å²) in [6.45, 7) is 3.50. The molecule has 0 saturated carbocycles. The number of nitrogens with one attached hydrogen (secondary N) is 2. The molecule has 6 nitrogen and oxygen atoms in total. The average molecular weight is 378 g/mol. The zero-order valence-electron chi connectivity index (χ0n) is 16.1. The number of para-hydroxylation sites is 1. The number of benzene rings is 2. The number of ether oxygens (including phenoxy) is 1. The molecule has 1 aliphatic rings. The van der Waals surface area contributed by atoms with Crippen LogP contribution in [0, 0.1) is 0 Å². The van der Waals surface area contributed by atoms with Crippen molar-refractivity contribution in [1.29, 1.82) is 0 Å². The second-order valence-corrected chi connectivity index (χ2v) is 6.91. The number of methoxy groups -OCH3 is 1. The summed E-state index contributed by atoms with van der Waals surface area (Å²) < 4.78 is 11.5. The molecule has 4 rings (SSSR count). The quantitative estimate of drug-likeness (QED) is 0.703. The van der Waals surface area contributed by atoms with Crippen LogP contribution in [0.1, 0.15) is 43.1 Å². The van der Waals surface area contributed by atoms with E-state index in [1.165, 1.54) is 14.0 Å². The summed E-state index contributed by atoms with van der Waals surface area (Å²) in [5.74, 6) is 0.976. The Morgan fingerprint density at radius 1 is 1.32 bits per heavy atom. The molecule has 2 heterocycles. The van der Waals surface area contributed by atoms with Gasteiger partial charge in [0.15, 0.2) is 0 Å². The minimum absolute atomic E-state index is 0.0563. The highest BCUT2D eigenvalue weighted by Crippen LogP contribution is 2.45. The molecular formula is C22H22N2O4. The zero-order valence-corrected chi connectivity index (χ0v) is 16.1. The fourth-order valence-electron chi connectivity index (χ4n) is 3.96. The molecule has 2 amide bonds. The van der Waals surface area contributed by atoms with Crippen LogP contribution in [-0.2, 0) is 16.0 Å². The lowest BCUT2D eigenvalue weighted by Gasteiger charge is -2.27. The van der Waals surface area contributed by atoms with Gasteiger partial charge in [0, 0.05) is 48.4 Å². The van der Waals surface area contributed by atoms with Crippen molar-refractivity contribution < 1.29 is 18.7 Å². The van der Waals surface area contributed by atoms with E-state index in [9.17, 15) is 9.59 Å². The van der Waals surface area contributed by atoms with Gasteiger partial charge in [0.25, 0.3) is 0 Å². The summed E-state index contributed by atoms with van der Waals surface area (Å²) in [6, 6.07) is 11.5. The van der Waals surface area contributed by atoms with Gasteiger partial charge in [0.2, 0.25) is 11.8 Å². The van der Waals surface area contributed by atoms with E-state index in [1.807, 2.05) is 37.3 Å².